The molecule has 2 aromatic carbocycles. The van der Waals surface area contributed by atoms with E-state index >= 15 is 0 Å². The SMILES string of the molecule is CC(C)(C)c1noc(-c2ccccc2C(=O)Nc2ccc(CC(N)=O)cc2)n1. The highest BCUT2D eigenvalue weighted by Crippen LogP contribution is 2.26. The standard InChI is InChI=1S/C21H22N4O3/c1-21(2,3)20-24-19(28-25-20)16-7-5-4-6-15(16)18(27)23-14-10-8-13(9-11-14)12-17(22)26/h4-11H,12H2,1-3H3,(H2,22,26)(H,23,27). The molecule has 1 aromatic heterocycles. The average molecular weight is 378 g/mol. The smallest absolute Gasteiger partial charge is 0.258 e. The zero-order valence-corrected chi connectivity index (χ0v) is 16.0. The highest BCUT2D eigenvalue weighted by Gasteiger charge is 2.23. The Kier molecular flexibility index (Phi) is 5.26. The van der Waals surface area contributed by atoms with Crippen LogP contribution in [0.4, 0.5) is 5.69 Å². The minimum Gasteiger partial charge on any atom is -0.369 e. The molecule has 0 spiro atoms. The van der Waals surface area contributed by atoms with Crippen molar-refractivity contribution >= 4 is 17.5 Å². The van der Waals surface area contributed by atoms with Gasteiger partial charge in [0.05, 0.1) is 17.5 Å². The van der Waals surface area contributed by atoms with Crippen LogP contribution in [0.1, 0.15) is 42.5 Å². The van der Waals surface area contributed by atoms with Gasteiger partial charge in [0.1, 0.15) is 0 Å². The first-order chi connectivity index (χ1) is 13.2. The highest BCUT2D eigenvalue weighted by atomic mass is 16.5. The van der Waals surface area contributed by atoms with Crippen molar-refractivity contribution in [2.75, 3.05) is 5.32 Å². The van der Waals surface area contributed by atoms with Gasteiger partial charge in [-0.15, -0.1) is 0 Å². The molecular weight excluding hydrogens is 356 g/mol. The first kappa shape index (κ1) is 19.3. The molecule has 0 saturated carbocycles. The molecular formula is C21H22N4O3. The van der Waals surface area contributed by atoms with E-state index in [9.17, 15) is 9.59 Å². The molecule has 28 heavy (non-hydrogen) atoms. The van der Waals surface area contributed by atoms with E-state index in [0.717, 1.165) is 5.56 Å². The van der Waals surface area contributed by atoms with Crippen molar-refractivity contribution in [2.45, 2.75) is 32.6 Å². The van der Waals surface area contributed by atoms with Gasteiger partial charge in [0, 0.05) is 11.1 Å². The molecule has 3 N–H and O–H groups in total. The van der Waals surface area contributed by atoms with Crippen LogP contribution in [0.3, 0.4) is 0 Å². The van der Waals surface area contributed by atoms with Gasteiger partial charge >= 0.3 is 0 Å². The van der Waals surface area contributed by atoms with E-state index in [1.165, 1.54) is 0 Å². The molecule has 0 aliphatic rings. The van der Waals surface area contributed by atoms with Crippen molar-refractivity contribution in [2.24, 2.45) is 5.73 Å². The van der Waals surface area contributed by atoms with Gasteiger partial charge in [-0.3, -0.25) is 9.59 Å². The van der Waals surface area contributed by atoms with Crippen LogP contribution in [0.15, 0.2) is 53.1 Å². The Hall–Kier alpha value is -3.48. The molecule has 0 saturated heterocycles. The van der Waals surface area contributed by atoms with Crippen molar-refractivity contribution in [1.29, 1.82) is 0 Å². The predicted molar refractivity (Wildman–Crippen MR) is 106 cm³/mol. The number of rotatable bonds is 5. The molecule has 0 aliphatic carbocycles. The van der Waals surface area contributed by atoms with E-state index < -0.39 is 5.91 Å². The molecule has 0 unspecified atom stereocenters. The number of hydrogen-bond acceptors (Lipinski definition) is 5. The van der Waals surface area contributed by atoms with Gasteiger partial charge < -0.3 is 15.6 Å². The number of nitrogens with zero attached hydrogens (tertiary/aromatic N) is 2. The Morgan fingerprint density at radius 2 is 1.75 bits per heavy atom. The summed E-state index contributed by atoms with van der Waals surface area (Å²) in [5, 5.41) is 6.87. The molecule has 3 rings (SSSR count). The Morgan fingerprint density at radius 3 is 2.36 bits per heavy atom. The van der Waals surface area contributed by atoms with Crippen molar-refractivity contribution in [1.82, 2.24) is 10.1 Å². The van der Waals surface area contributed by atoms with E-state index in [1.807, 2.05) is 26.8 Å². The molecule has 1 heterocycles. The first-order valence-corrected chi connectivity index (χ1v) is 8.86. The lowest BCUT2D eigenvalue weighted by Gasteiger charge is -2.11. The number of aromatic nitrogens is 2. The molecule has 7 nitrogen and oxygen atoms in total. The van der Waals surface area contributed by atoms with Crippen LogP contribution < -0.4 is 11.1 Å². The molecule has 7 heteroatoms. The average Bonchev–Trinajstić information content (AvgIpc) is 3.13. The van der Waals surface area contributed by atoms with Gasteiger partial charge in [0.25, 0.3) is 11.8 Å². The van der Waals surface area contributed by atoms with Gasteiger partial charge in [-0.05, 0) is 29.8 Å². The van der Waals surface area contributed by atoms with Gasteiger partial charge in [0.15, 0.2) is 5.82 Å². The number of benzene rings is 2. The summed E-state index contributed by atoms with van der Waals surface area (Å²) in [6.45, 7) is 5.96. The third kappa shape index (κ3) is 4.43. The summed E-state index contributed by atoms with van der Waals surface area (Å²) in [7, 11) is 0. The third-order valence-electron chi connectivity index (χ3n) is 4.09. The number of hydrogen-bond donors (Lipinski definition) is 2. The summed E-state index contributed by atoms with van der Waals surface area (Å²) in [5.74, 6) is 0.170. The number of carbonyl (C=O) groups excluding carboxylic acids is 2. The molecule has 144 valence electrons. The number of nitrogens with two attached hydrogens (primary N) is 1. The minimum atomic E-state index is -0.403. The van der Waals surface area contributed by atoms with E-state index in [4.69, 9.17) is 10.3 Å². The number of nitrogens with one attached hydrogen (secondary N) is 1. The highest BCUT2D eigenvalue weighted by molar-refractivity contribution is 6.08. The lowest BCUT2D eigenvalue weighted by molar-refractivity contribution is -0.117. The Balaban J connectivity index is 1.83. The maximum Gasteiger partial charge on any atom is 0.258 e. The lowest BCUT2D eigenvalue weighted by Crippen LogP contribution is -2.15. The van der Waals surface area contributed by atoms with E-state index in [1.54, 1.807) is 42.5 Å². The van der Waals surface area contributed by atoms with E-state index in [0.29, 0.717) is 28.5 Å². The molecule has 0 atom stereocenters. The van der Waals surface area contributed by atoms with Crippen molar-refractivity contribution in [3.63, 3.8) is 0 Å². The van der Waals surface area contributed by atoms with Crippen LogP contribution in [0.2, 0.25) is 0 Å². The summed E-state index contributed by atoms with van der Waals surface area (Å²) < 4.78 is 5.39. The van der Waals surface area contributed by atoms with Crippen LogP contribution in [0, 0.1) is 0 Å². The lowest BCUT2D eigenvalue weighted by atomic mass is 9.96. The van der Waals surface area contributed by atoms with E-state index in [-0.39, 0.29) is 17.7 Å². The molecule has 3 aromatic rings. The van der Waals surface area contributed by atoms with Crippen molar-refractivity contribution < 1.29 is 14.1 Å². The van der Waals surface area contributed by atoms with Crippen LogP contribution in [0.5, 0.6) is 0 Å². The second-order valence-corrected chi connectivity index (χ2v) is 7.51. The monoisotopic (exact) mass is 378 g/mol. The maximum atomic E-state index is 12.8. The van der Waals surface area contributed by atoms with Gasteiger partial charge in [-0.1, -0.05) is 50.2 Å². The van der Waals surface area contributed by atoms with Gasteiger partial charge in [0.2, 0.25) is 5.91 Å². The van der Waals surface area contributed by atoms with Crippen LogP contribution in [-0.2, 0) is 16.6 Å². The number of primary amides is 1. The fraction of sp³-hybridized carbons (Fsp3) is 0.238. The number of amides is 2. The molecule has 2 amide bonds. The summed E-state index contributed by atoms with van der Waals surface area (Å²) in [6, 6.07) is 14.0. The summed E-state index contributed by atoms with van der Waals surface area (Å²) in [6.07, 6.45) is 0.157. The molecule has 0 radical (unpaired) electrons. The van der Waals surface area contributed by atoms with Crippen molar-refractivity contribution in [3.8, 4) is 11.5 Å². The molecule has 0 bridgehead atoms. The fourth-order valence-corrected chi connectivity index (χ4v) is 2.61. The fourth-order valence-electron chi connectivity index (χ4n) is 2.61. The predicted octanol–water partition coefficient (Wildman–Crippen LogP) is 3.31. The Morgan fingerprint density at radius 1 is 1.07 bits per heavy atom. The Bertz CT molecular complexity index is 1000. The van der Waals surface area contributed by atoms with Crippen LogP contribution in [-0.4, -0.2) is 22.0 Å². The Labute approximate surface area is 162 Å². The second-order valence-electron chi connectivity index (χ2n) is 7.51. The van der Waals surface area contributed by atoms with Crippen molar-refractivity contribution in [3.05, 3.63) is 65.5 Å². The van der Waals surface area contributed by atoms with Crippen LogP contribution in [0.25, 0.3) is 11.5 Å². The van der Waals surface area contributed by atoms with Gasteiger partial charge in [-0.25, -0.2) is 0 Å². The maximum absolute atomic E-state index is 12.8. The summed E-state index contributed by atoms with van der Waals surface area (Å²) in [4.78, 5) is 28.2. The quantitative estimate of drug-likeness (QED) is 0.707. The zero-order valence-electron chi connectivity index (χ0n) is 16.0. The minimum absolute atomic E-state index is 0.157. The number of carbonyl (C=O) groups is 2. The normalized spacial score (nSPS) is 11.2. The second kappa shape index (κ2) is 7.64. The van der Waals surface area contributed by atoms with Gasteiger partial charge in [-0.2, -0.15) is 4.98 Å². The summed E-state index contributed by atoms with van der Waals surface area (Å²) >= 11 is 0. The summed E-state index contributed by atoms with van der Waals surface area (Å²) in [5.41, 5.74) is 7.31. The van der Waals surface area contributed by atoms with E-state index in [2.05, 4.69) is 15.5 Å². The molecule has 0 fully saturated rings. The topological polar surface area (TPSA) is 111 Å². The largest absolute Gasteiger partial charge is 0.369 e. The molecule has 0 aliphatic heterocycles. The first-order valence-electron chi connectivity index (χ1n) is 8.86. The van der Waals surface area contributed by atoms with Crippen LogP contribution >= 0.6 is 0 Å². The zero-order chi connectivity index (χ0) is 20.3. The number of anilines is 1. The third-order valence-corrected chi connectivity index (χ3v) is 4.09.